The van der Waals surface area contributed by atoms with Crippen LogP contribution in [0.15, 0.2) is 11.1 Å². The zero-order valence-corrected chi connectivity index (χ0v) is 8.14. The van der Waals surface area contributed by atoms with Crippen LogP contribution in [0, 0.1) is 5.92 Å². The van der Waals surface area contributed by atoms with Gasteiger partial charge in [-0.25, -0.2) is 4.79 Å². The van der Waals surface area contributed by atoms with Crippen LogP contribution in [0.4, 0.5) is 13.2 Å². The highest BCUT2D eigenvalue weighted by molar-refractivity contribution is 5.89. The molecule has 86 valence electrons. The van der Waals surface area contributed by atoms with Crippen LogP contribution in [0.3, 0.4) is 0 Å². The molecule has 0 aromatic heterocycles. The Bertz CT molecular complexity index is 309. The Balaban J connectivity index is 3.18. The topological polar surface area (TPSA) is 63.3 Å². The van der Waals surface area contributed by atoms with E-state index in [0.29, 0.717) is 6.42 Å². The molecule has 3 nitrogen and oxygen atoms in total. The molecule has 6 heteroatoms. The van der Waals surface area contributed by atoms with E-state index in [9.17, 15) is 18.0 Å². The zero-order valence-electron chi connectivity index (χ0n) is 8.14. The summed E-state index contributed by atoms with van der Waals surface area (Å²) in [6.07, 6.45) is -4.31. The molecular weight excluding hydrogens is 211 g/mol. The largest absolute Gasteiger partial charge is 0.478 e. The highest BCUT2D eigenvalue weighted by atomic mass is 19.4. The first-order valence-corrected chi connectivity index (χ1v) is 4.52. The Hall–Kier alpha value is -1.04. The van der Waals surface area contributed by atoms with Crippen LogP contribution in [-0.2, 0) is 4.79 Å². The number of rotatable bonds is 1. The van der Waals surface area contributed by atoms with E-state index >= 15 is 0 Å². The fourth-order valence-corrected chi connectivity index (χ4v) is 1.91. The smallest absolute Gasteiger partial charge is 0.423 e. The SMILES string of the molecule is C[C@H]1C/C(=C(/C(=O)O)C(F)(F)F)[C@@H](N)C1. The van der Waals surface area contributed by atoms with Gasteiger partial charge in [0, 0.05) is 6.04 Å². The molecule has 1 aliphatic carbocycles. The standard InChI is InChI=1S/C9H12F3NO2/c1-4-2-5(6(13)3-4)7(8(14)15)9(10,11)12/h4,6H,2-3,13H2,1H3,(H,14,15)/b7-5+/t4-,6-/m0/s1. The first-order valence-electron chi connectivity index (χ1n) is 4.52. The van der Waals surface area contributed by atoms with Gasteiger partial charge >= 0.3 is 12.1 Å². The Morgan fingerprint density at radius 1 is 1.53 bits per heavy atom. The summed E-state index contributed by atoms with van der Waals surface area (Å²) < 4.78 is 37.3. The fraction of sp³-hybridized carbons (Fsp3) is 0.667. The molecule has 0 heterocycles. The summed E-state index contributed by atoms with van der Waals surface area (Å²) in [6.45, 7) is 1.75. The monoisotopic (exact) mass is 223 g/mol. The number of nitrogens with two attached hydrogens (primary N) is 1. The average molecular weight is 223 g/mol. The van der Waals surface area contributed by atoms with Gasteiger partial charge in [0.2, 0.25) is 0 Å². The van der Waals surface area contributed by atoms with Gasteiger partial charge < -0.3 is 10.8 Å². The minimum absolute atomic E-state index is 0.00620. The number of carboxylic acid groups (broad SMARTS) is 1. The lowest BCUT2D eigenvalue weighted by atomic mass is 10.0. The second-order valence-electron chi connectivity index (χ2n) is 3.85. The minimum Gasteiger partial charge on any atom is -0.478 e. The first-order chi connectivity index (χ1) is 6.73. The lowest BCUT2D eigenvalue weighted by molar-refractivity contribution is -0.145. The Kier molecular flexibility index (Phi) is 3.08. The van der Waals surface area contributed by atoms with Gasteiger partial charge in [0.05, 0.1) is 0 Å². The Morgan fingerprint density at radius 2 is 2.07 bits per heavy atom. The molecule has 0 bridgehead atoms. The summed E-state index contributed by atoms with van der Waals surface area (Å²) in [5.74, 6) is -1.94. The normalized spacial score (nSPS) is 30.5. The summed E-state index contributed by atoms with van der Waals surface area (Å²) in [4.78, 5) is 10.6. The molecule has 1 fully saturated rings. The maximum atomic E-state index is 12.4. The third-order valence-electron chi connectivity index (χ3n) is 2.49. The summed E-state index contributed by atoms with van der Waals surface area (Å²) in [7, 11) is 0. The number of carbonyl (C=O) groups is 1. The van der Waals surface area contributed by atoms with Crippen molar-refractivity contribution in [3.05, 3.63) is 11.1 Å². The van der Waals surface area contributed by atoms with Crippen LogP contribution in [0.5, 0.6) is 0 Å². The number of hydrogen-bond acceptors (Lipinski definition) is 2. The van der Waals surface area contributed by atoms with E-state index < -0.39 is 23.8 Å². The molecule has 0 saturated heterocycles. The predicted octanol–water partition coefficient (Wildman–Crippen LogP) is 1.69. The van der Waals surface area contributed by atoms with Crippen molar-refractivity contribution in [1.82, 2.24) is 0 Å². The Labute approximate surface area is 84.8 Å². The molecule has 2 atom stereocenters. The summed E-state index contributed by atoms with van der Waals surface area (Å²) >= 11 is 0. The third-order valence-corrected chi connectivity index (χ3v) is 2.49. The molecule has 1 rings (SSSR count). The lowest BCUT2D eigenvalue weighted by Crippen LogP contribution is -2.27. The maximum absolute atomic E-state index is 12.4. The quantitative estimate of drug-likeness (QED) is 0.665. The second-order valence-corrected chi connectivity index (χ2v) is 3.85. The van der Waals surface area contributed by atoms with E-state index in [1.807, 2.05) is 0 Å². The fourth-order valence-electron chi connectivity index (χ4n) is 1.91. The molecule has 0 aliphatic heterocycles. The van der Waals surface area contributed by atoms with Crippen molar-refractivity contribution >= 4 is 5.97 Å². The van der Waals surface area contributed by atoms with Gasteiger partial charge in [0.1, 0.15) is 5.57 Å². The van der Waals surface area contributed by atoms with Crippen molar-refractivity contribution in [2.45, 2.75) is 32.0 Å². The molecule has 0 spiro atoms. The van der Waals surface area contributed by atoms with Gasteiger partial charge in [-0.15, -0.1) is 0 Å². The van der Waals surface area contributed by atoms with E-state index in [4.69, 9.17) is 10.8 Å². The molecule has 0 unspecified atom stereocenters. The van der Waals surface area contributed by atoms with Crippen LogP contribution in [0.25, 0.3) is 0 Å². The minimum atomic E-state index is -4.83. The van der Waals surface area contributed by atoms with Crippen molar-refractivity contribution in [3.63, 3.8) is 0 Å². The summed E-state index contributed by atoms with van der Waals surface area (Å²) in [5, 5.41) is 8.54. The molecule has 0 aromatic carbocycles. The van der Waals surface area contributed by atoms with Crippen LogP contribution in [-0.4, -0.2) is 23.3 Å². The third kappa shape index (κ3) is 2.50. The van der Waals surface area contributed by atoms with Crippen molar-refractivity contribution in [3.8, 4) is 0 Å². The average Bonchev–Trinajstić information content (AvgIpc) is 2.26. The van der Waals surface area contributed by atoms with Crippen LogP contribution in [0.1, 0.15) is 19.8 Å². The molecule has 0 amide bonds. The van der Waals surface area contributed by atoms with Crippen LogP contribution in [0.2, 0.25) is 0 Å². The molecule has 0 aromatic rings. The van der Waals surface area contributed by atoms with Crippen molar-refractivity contribution < 1.29 is 23.1 Å². The van der Waals surface area contributed by atoms with Gasteiger partial charge in [-0.05, 0) is 24.3 Å². The molecule has 0 radical (unpaired) electrons. The van der Waals surface area contributed by atoms with Crippen molar-refractivity contribution in [1.29, 1.82) is 0 Å². The van der Waals surface area contributed by atoms with Crippen molar-refractivity contribution in [2.75, 3.05) is 0 Å². The molecule has 15 heavy (non-hydrogen) atoms. The van der Waals surface area contributed by atoms with E-state index in [2.05, 4.69) is 0 Å². The second kappa shape index (κ2) is 3.84. The van der Waals surface area contributed by atoms with Gasteiger partial charge in [-0.2, -0.15) is 13.2 Å². The Morgan fingerprint density at radius 3 is 2.33 bits per heavy atom. The number of hydrogen-bond donors (Lipinski definition) is 2. The zero-order chi connectivity index (χ0) is 11.8. The van der Waals surface area contributed by atoms with E-state index in [1.165, 1.54) is 0 Å². The molecule has 1 aliphatic rings. The number of carboxylic acids is 1. The van der Waals surface area contributed by atoms with Gasteiger partial charge in [-0.3, -0.25) is 0 Å². The highest BCUT2D eigenvalue weighted by Gasteiger charge is 2.44. The molecule has 1 saturated carbocycles. The van der Waals surface area contributed by atoms with Gasteiger partial charge in [0.15, 0.2) is 0 Å². The van der Waals surface area contributed by atoms with Crippen LogP contribution < -0.4 is 5.73 Å². The number of halogens is 3. The number of aliphatic carboxylic acids is 1. The van der Waals surface area contributed by atoms with E-state index in [-0.39, 0.29) is 17.9 Å². The summed E-state index contributed by atoms with van der Waals surface area (Å²) in [5.41, 5.74) is 3.82. The van der Waals surface area contributed by atoms with Gasteiger partial charge in [0.25, 0.3) is 0 Å². The van der Waals surface area contributed by atoms with Crippen molar-refractivity contribution in [2.24, 2.45) is 11.7 Å². The molecular formula is C9H12F3NO2. The highest BCUT2D eigenvalue weighted by Crippen LogP contribution is 2.37. The van der Waals surface area contributed by atoms with Crippen LogP contribution >= 0.6 is 0 Å². The molecule has 3 N–H and O–H groups in total. The number of alkyl halides is 3. The maximum Gasteiger partial charge on any atom is 0.423 e. The predicted molar refractivity (Wildman–Crippen MR) is 47.1 cm³/mol. The summed E-state index contributed by atoms with van der Waals surface area (Å²) in [6, 6.07) is -0.785. The lowest BCUT2D eigenvalue weighted by Gasteiger charge is -2.13. The van der Waals surface area contributed by atoms with E-state index in [0.717, 1.165) is 0 Å². The van der Waals surface area contributed by atoms with Gasteiger partial charge in [-0.1, -0.05) is 6.92 Å². The first kappa shape index (κ1) is 12.0. The van der Waals surface area contributed by atoms with E-state index in [1.54, 1.807) is 6.92 Å².